The van der Waals surface area contributed by atoms with E-state index < -0.39 is 46.0 Å². The summed E-state index contributed by atoms with van der Waals surface area (Å²) in [6, 6.07) is 0. The normalized spacial score (nSPS) is 38.5. The maximum absolute atomic E-state index is 11.6. The summed E-state index contributed by atoms with van der Waals surface area (Å²) in [7, 11) is 0. The van der Waals surface area contributed by atoms with Crippen LogP contribution in [0.4, 0.5) is 0 Å². The molecule has 5 saturated heterocycles. The predicted octanol–water partition coefficient (Wildman–Crippen LogP) is 2.40. The topological polar surface area (TPSA) is 273 Å². The number of Topliss-reactive ketones (excluding diaryl/α,β-unsaturated/α-hetero) is 2. The van der Waals surface area contributed by atoms with Crippen molar-refractivity contribution in [1.29, 1.82) is 0 Å². The molecule has 3 unspecified atom stereocenters. The Labute approximate surface area is 555 Å². The molecule has 0 aromatic heterocycles. The molecule has 4 radical (unpaired) electrons. The van der Waals surface area contributed by atoms with E-state index in [1.807, 2.05) is 0 Å². The van der Waals surface area contributed by atoms with Crippen LogP contribution in [0.1, 0.15) is 110 Å². The molecular formula is C41H70ClN5O12U2V2W2Y2-4. The molecule has 5 aliphatic heterocycles. The van der Waals surface area contributed by atoms with Crippen molar-refractivity contribution in [3.63, 3.8) is 0 Å². The Hall–Kier alpha value is 4.99. The predicted molar refractivity (Wildman–Crippen MR) is 220 cm³/mol. The summed E-state index contributed by atoms with van der Waals surface area (Å²) in [5.74, 6) is -0.220. The number of amides is 2. The van der Waals surface area contributed by atoms with Gasteiger partial charge in [0.05, 0.1) is 67.5 Å². The number of hydrogen-bond acceptors (Lipinski definition) is 13. The van der Waals surface area contributed by atoms with Crippen LogP contribution in [0.25, 0.3) is 11.5 Å². The van der Waals surface area contributed by atoms with Crippen LogP contribution in [0.2, 0.25) is 0 Å². The summed E-state index contributed by atoms with van der Waals surface area (Å²) in [5, 5.41) is 34.1. The summed E-state index contributed by atoms with van der Waals surface area (Å²) in [6.07, 6.45) is 12.3. The third-order valence-corrected chi connectivity index (χ3v) is 13.9. The van der Waals surface area contributed by atoms with E-state index in [0.29, 0.717) is 26.2 Å². The van der Waals surface area contributed by atoms with Gasteiger partial charge in [0.15, 0.2) is 5.78 Å². The van der Waals surface area contributed by atoms with Crippen molar-refractivity contribution in [2.24, 2.45) is 5.73 Å². The number of aliphatic hydroxyl groups excluding tert-OH is 3. The number of nitrogens with one attached hydrogen (secondary N) is 4. The Bertz CT molecular complexity index is 1480. The van der Waals surface area contributed by atoms with Crippen molar-refractivity contribution in [2.75, 3.05) is 33.0 Å². The summed E-state index contributed by atoms with van der Waals surface area (Å²) < 4.78 is 26.5. The molecule has 10 aliphatic rings. The number of carbonyl (C=O) groups is 4. The average molecular weight is 1980 g/mol. The van der Waals surface area contributed by atoms with Crippen molar-refractivity contribution in [3.05, 3.63) is 26.3 Å². The second kappa shape index (κ2) is 36.2. The Kier molecular flexibility index (Phi) is 45.0. The van der Waals surface area contributed by atoms with Gasteiger partial charge in [0.25, 0.3) is 0 Å². The molecule has 67 heavy (non-hydrogen) atoms. The number of rotatable bonds is 2. The molecule has 26 heteroatoms. The molecule has 0 bridgehead atoms. The van der Waals surface area contributed by atoms with Gasteiger partial charge < -0.3 is 81.7 Å². The minimum Gasteiger partial charge on any atom is -0.668 e. The molecule has 13 atom stereocenters. The zero-order valence-corrected chi connectivity index (χ0v) is 62.6. The molecule has 10 fully saturated rings. The van der Waals surface area contributed by atoms with Crippen molar-refractivity contribution < 1.29 is 265 Å². The first-order chi connectivity index (χ1) is 26.5. The second-order valence-electron chi connectivity index (χ2n) is 17.4. The van der Waals surface area contributed by atoms with Crippen LogP contribution in [0.15, 0.2) is 0 Å². The van der Waals surface area contributed by atoms with E-state index in [2.05, 4.69) is 10.6 Å². The molecule has 5 heterocycles. The van der Waals surface area contributed by atoms with Crippen LogP contribution in [0, 0.1) is 77.1 Å². The molecule has 17 nitrogen and oxygen atoms in total. The van der Waals surface area contributed by atoms with Crippen molar-refractivity contribution >= 4 is 35.8 Å². The van der Waals surface area contributed by atoms with E-state index in [1.54, 1.807) is 0 Å². The van der Waals surface area contributed by atoms with E-state index >= 15 is 0 Å². The van der Waals surface area contributed by atoms with Crippen molar-refractivity contribution in [1.82, 2.24) is 10.6 Å². The van der Waals surface area contributed by atoms with Gasteiger partial charge in [0, 0.05) is 227 Å². The van der Waals surface area contributed by atoms with E-state index in [9.17, 15) is 34.5 Å². The molecule has 0 aromatic rings. The van der Waals surface area contributed by atoms with Crippen LogP contribution in [-0.4, -0.2) is 148 Å². The monoisotopic (exact) mass is 1980 g/mol. The zero-order valence-electron chi connectivity index (χ0n) is 39.1. The van der Waals surface area contributed by atoms with Gasteiger partial charge in [0.1, 0.15) is 30.6 Å². The first kappa shape index (κ1) is 83.3. The number of carbonyl (C=O) groups excluding carboxylic acids is 4. The van der Waals surface area contributed by atoms with Crippen molar-refractivity contribution in [2.45, 2.75) is 187 Å². The van der Waals surface area contributed by atoms with Gasteiger partial charge in [-0.15, -0.1) is 12.4 Å². The van der Waals surface area contributed by atoms with Gasteiger partial charge in [-0.2, -0.15) is 0 Å². The van der Waals surface area contributed by atoms with E-state index in [-0.39, 0.29) is 301 Å². The Balaban J connectivity index is -0.000000167. The third kappa shape index (κ3) is 18.5. The van der Waals surface area contributed by atoms with Crippen LogP contribution in [-0.2, 0) is 188 Å². The van der Waals surface area contributed by atoms with Gasteiger partial charge in [-0.3, -0.25) is 19.2 Å². The van der Waals surface area contributed by atoms with E-state index in [0.717, 1.165) is 89.9 Å². The number of aliphatic hydroxyl groups is 3. The van der Waals surface area contributed by atoms with Gasteiger partial charge in [-0.05, 0) is 76.2 Å². The fourth-order valence-electron chi connectivity index (χ4n) is 10.7. The van der Waals surface area contributed by atoms with Crippen LogP contribution in [0.5, 0.6) is 0 Å². The molecular weight excluding hydrogens is 1910 g/mol. The van der Waals surface area contributed by atoms with Crippen molar-refractivity contribution in [3.8, 4) is 0 Å². The SMILES string of the molecule is CC(=O)N[C@]12CCC[C@H]1OCC2=O.CC(=O)N[C@]12CCC[C@H]1OCC2O.Cl.N[C@]12CCC[C@H]1OCC2O.[CH3-].[CH3-].[NH-][C@]12CCC[C@H]1OCC2=O.[NH-][C@]12CCC[C@H]1OCC2O.[U].[U].[V].[V].[W].[W].[Y].[Y]. The van der Waals surface area contributed by atoms with Crippen LogP contribution >= 0.6 is 12.4 Å². The van der Waals surface area contributed by atoms with Crippen LogP contribution < -0.4 is 16.4 Å². The van der Waals surface area contributed by atoms with E-state index in [1.165, 1.54) is 13.8 Å². The average Bonchev–Trinajstić information content (AvgIpc) is 4.01. The van der Waals surface area contributed by atoms with E-state index in [4.69, 9.17) is 40.9 Å². The zero-order chi connectivity index (χ0) is 40.5. The number of fused-ring (bicyclic) bond motifs is 5. The fourth-order valence-corrected chi connectivity index (χ4v) is 10.7. The first-order valence-electron chi connectivity index (χ1n) is 20.6. The maximum atomic E-state index is 11.6. The summed E-state index contributed by atoms with van der Waals surface area (Å²) >= 11 is 0. The molecule has 5 saturated carbocycles. The minimum absolute atomic E-state index is 0. The molecule has 5 aliphatic carbocycles. The molecule has 0 aromatic carbocycles. The summed E-state index contributed by atoms with van der Waals surface area (Å²) in [5.41, 5.74) is 18.4. The first-order valence-corrected chi connectivity index (χ1v) is 20.6. The van der Waals surface area contributed by atoms with Gasteiger partial charge in [-0.1, -0.05) is 31.2 Å². The Morgan fingerprint density at radius 2 is 1.03 bits per heavy atom. The molecule has 0 spiro atoms. The number of hydrogen-bond donors (Lipinski definition) is 6. The Morgan fingerprint density at radius 3 is 1.61 bits per heavy atom. The number of nitrogens with two attached hydrogens (primary N) is 1. The Morgan fingerprint density at radius 1 is 0.597 bits per heavy atom. The number of ketones is 2. The maximum Gasteiger partial charge on any atom is 0.217 e. The second-order valence-corrected chi connectivity index (χ2v) is 17.4. The quantitative estimate of drug-likeness (QED) is 0.217. The summed E-state index contributed by atoms with van der Waals surface area (Å²) in [4.78, 5) is 44.6. The smallest absolute Gasteiger partial charge is 0.217 e. The van der Waals surface area contributed by atoms with Gasteiger partial charge >= 0.3 is 0 Å². The molecule has 10 rings (SSSR count). The largest absolute Gasteiger partial charge is 0.668 e. The summed E-state index contributed by atoms with van der Waals surface area (Å²) in [6.45, 7) is 4.41. The van der Waals surface area contributed by atoms with Crippen LogP contribution in [0.3, 0.4) is 0 Å². The molecule has 9 N–H and O–H groups in total. The van der Waals surface area contributed by atoms with Gasteiger partial charge in [0.2, 0.25) is 11.8 Å². The standard InChI is InChI=1S/C9H15NO3.C9H13NO3.C7H13NO2.C7H12NO2.C7H10NO2.2CH3.ClH.2U.2V.2W.2Y/c2*1-6(11)10-9-4-2-3-8(9)13-5-7(9)12;3*8-7-3-1-2-6(7)10-4-5(7)9;;;;;;;;;;;/h7-8,12H,2-5H2,1H3,(H,10,11);8H,2-5H2,1H3,(H,10,11);5-6,9H,1-4,8H2;5-6,8-9H,1-4H2;6,8H,1-4H2;2*1H3;1H;;;;;;;;/q;;;4*-1;;;;;;;;;/t7?,8-,9+;8-,9+;2*5?,6-,7+;6-,7+;;;;;;;;;;;/m11111.........../s1. The number of ether oxygens (including phenoxy) is 5. The minimum atomic E-state index is -0.847. The fraction of sp³-hybridized carbons (Fsp3) is 0.854. The molecule has 2 amide bonds. The number of halogens is 1. The van der Waals surface area contributed by atoms with Gasteiger partial charge in [-0.25, -0.2) is 0 Å². The third-order valence-electron chi connectivity index (χ3n) is 13.9. The molecule has 378 valence electrons.